The van der Waals surface area contributed by atoms with E-state index >= 15 is 0 Å². The van der Waals surface area contributed by atoms with E-state index in [0.29, 0.717) is 16.8 Å². The van der Waals surface area contributed by atoms with Gasteiger partial charge in [-0.05, 0) is 47.5 Å². The Labute approximate surface area is 188 Å². The first-order chi connectivity index (χ1) is 15.9. The van der Waals surface area contributed by atoms with E-state index in [0.717, 1.165) is 11.6 Å². The van der Waals surface area contributed by atoms with Crippen molar-refractivity contribution in [2.75, 3.05) is 5.01 Å². The van der Waals surface area contributed by atoms with Gasteiger partial charge in [-0.15, -0.1) is 10.2 Å². The number of aromatic nitrogens is 3. The molecule has 0 unspecified atom stereocenters. The Hall–Kier alpha value is -4.32. The SMILES string of the molecule is N#Cc1ccc(N(Cc2ccc(C(F)(F)F)c(OCc3ccccc3)c2)n2cnnc2)cc1. The predicted molar refractivity (Wildman–Crippen MR) is 115 cm³/mol. The minimum Gasteiger partial charge on any atom is -0.488 e. The average Bonchev–Trinajstić information content (AvgIpc) is 3.36. The molecule has 0 atom stereocenters. The fraction of sp³-hybridized carbons (Fsp3) is 0.125. The molecule has 6 nitrogen and oxygen atoms in total. The van der Waals surface area contributed by atoms with Crippen LogP contribution in [-0.4, -0.2) is 14.9 Å². The van der Waals surface area contributed by atoms with Crippen LogP contribution >= 0.6 is 0 Å². The lowest BCUT2D eigenvalue weighted by atomic mass is 10.1. The van der Waals surface area contributed by atoms with E-state index in [-0.39, 0.29) is 18.9 Å². The average molecular weight is 449 g/mol. The first-order valence-electron chi connectivity index (χ1n) is 9.93. The monoisotopic (exact) mass is 449 g/mol. The minimum atomic E-state index is -4.55. The molecule has 3 aromatic carbocycles. The molecule has 1 heterocycles. The van der Waals surface area contributed by atoms with Crippen LogP contribution in [0, 0.1) is 11.3 Å². The highest BCUT2D eigenvalue weighted by Crippen LogP contribution is 2.37. The van der Waals surface area contributed by atoms with Crippen LogP contribution in [0.1, 0.15) is 22.3 Å². The van der Waals surface area contributed by atoms with Crippen LogP contribution in [-0.2, 0) is 19.3 Å². The van der Waals surface area contributed by atoms with Gasteiger partial charge in [-0.25, -0.2) is 4.68 Å². The number of nitriles is 1. The van der Waals surface area contributed by atoms with Gasteiger partial charge in [0.25, 0.3) is 0 Å². The van der Waals surface area contributed by atoms with Crippen molar-refractivity contribution in [1.29, 1.82) is 5.26 Å². The molecular formula is C24H18F3N5O. The summed E-state index contributed by atoms with van der Waals surface area (Å²) in [6.45, 7) is 0.224. The lowest BCUT2D eigenvalue weighted by Gasteiger charge is -2.25. The third-order valence-electron chi connectivity index (χ3n) is 4.90. The van der Waals surface area contributed by atoms with Crippen LogP contribution in [0.4, 0.5) is 18.9 Å². The summed E-state index contributed by atoms with van der Waals surface area (Å²) in [5, 5.41) is 18.4. The number of alkyl halides is 3. The van der Waals surface area contributed by atoms with Gasteiger partial charge in [0.15, 0.2) is 0 Å². The molecule has 1 aromatic heterocycles. The van der Waals surface area contributed by atoms with Gasteiger partial charge in [-0.1, -0.05) is 36.4 Å². The quantitative estimate of drug-likeness (QED) is 0.387. The maximum Gasteiger partial charge on any atom is 0.419 e. The summed E-state index contributed by atoms with van der Waals surface area (Å²) in [6.07, 6.45) is -1.59. The summed E-state index contributed by atoms with van der Waals surface area (Å²) >= 11 is 0. The number of hydrogen-bond acceptors (Lipinski definition) is 5. The summed E-state index contributed by atoms with van der Waals surface area (Å²) in [4.78, 5) is 0. The van der Waals surface area contributed by atoms with E-state index in [1.807, 2.05) is 6.07 Å². The van der Waals surface area contributed by atoms with Crippen molar-refractivity contribution in [2.45, 2.75) is 19.3 Å². The molecular weight excluding hydrogens is 431 g/mol. The molecule has 0 aliphatic rings. The van der Waals surface area contributed by atoms with Gasteiger partial charge in [0.2, 0.25) is 0 Å². The summed E-state index contributed by atoms with van der Waals surface area (Å²) in [5.74, 6) is -0.243. The smallest absolute Gasteiger partial charge is 0.419 e. The third-order valence-corrected chi connectivity index (χ3v) is 4.90. The Morgan fingerprint density at radius 2 is 1.61 bits per heavy atom. The van der Waals surface area contributed by atoms with E-state index in [1.54, 1.807) is 58.2 Å². The van der Waals surface area contributed by atoms with Crippen molar-refractivity contribution >= 4 is 5.69 Å². The summed E-state index contributed by atoms with van der Waals surface area (Å²) in [6, 6.07) is 21.7. The number of nitrogens with zero attached hydrogens (tertiary/aromatic N) is 5. The first-order valence-corrected chi connectivity index (χ1v) is 9.93. The van der Waals surface area contributed by atoms with Crippen LogP contribution < -0.4 is 9.75 Å². The first kappa shape index (κ1) is 21.9. The van der Waals surface area contributed by atoms with Crippen molar-refractivity contribution in [1.82, 2.24) is 14.9 Å². The van der Waals surface area contributed by atoms with E-state index in [1.165, 1.54) is 24.8 Å². The molecule has 33 heavy (non-hydrogen) atoms. The Kier molecular flexibility index (Phi) is 6.26. The topological polar surface area (TPSA) is 67.0 Å². The zero-order valence-corrected chi connectivity index (χ0v) is 17.3. The summed E-state index contributed by atoms with van der Waals surface area (Å²) in [5.41, 5.74) is 1.72. The fourth-order valence-electron chi connectivity index (χ4n) is 3.26. The Bertz CT molecular complexity index is 1230. The molecule has 0 spiro atoms. The highest BCUT2D eigenvalue weighted by Gasteiger charge is 2.34. The Morgan fingerprint density at radius 1 is 0.909 bits per heavy atom. The molecule has 0 saturated heterocycles. The van der Waals surface area contributed by atoms with Crippen molar-refractivity contribution in [3.63, 3.8) is 0 Å². The molecule has 0 fully saturated rings. The molecule has 0 aliphatic carbocycles. The summed E-state index contributed by atoms with van der Waals surface area (Å²) in [7, 11) is 0. The number of halogens is 3. The van der Waals surface area contributed by atoms with E-state index in [2.05, 4.69) is 16.3 Å². The molecule has 4 rings (SSSR count). The van der Waals surface area contributed by atoms with E-state index in [4.69, 9.17) is 10.00 Å². The third kappa shape index (κ3) is 5.30. The van der Waals surface area contributed by atoms with Gasteiger partial charge in [0, 0.05) is 0 Å². The summed E-state index contributed by atoms with van der Waals surface area (Å²) < 4.78 is 48.0. The Morgan fingerprint density at radius 3 is 2.24 bits per heavy atom. The number of ether oxygens (including phenoxy) is 1. The van der Waals surface area contributed by atoms with Gasteiger partial charge in [-0.3, -0.25) is 5.01 Å². The van der Waals surface area contributed by atoms with Crippen LogP contribution in [0.25, 0.3) is 0 Å². The largest absolute Gasteiger partial charge is 0.488 e. The van der Waals surface area contributed by atoms with Gasteiger partial charge in [0.1, 0.15) is 25.0 Å². The van der Waals surface area contributed by atoms with Crippen molar-refractivity contribution < 1.29 is 17.9 Å². The number of anilines is 1. The second-order valence-corrected chi connectivity index (χ2v) is 7.16. The van der Waals surface area contributed by atoms with E-state index < -0.39 is 11.7 Å². The van der Waals surface area contributed by atoms with Crippen LogP contribution in [0.3, 0.4) is 0 Å². The predicted octanol–water partition coefficient (Wildman–Crippen LogP) is 5.22. The van der Waals surface area contributed by atoms with E-state index in [9.17, 15) is 13.2 Å². The van der Waals surface area contributed by atoms with Crippen molar-refractivity contribution in [3.8, 4) is 11.8 Å². The van der Waals surface area contributed by atoms with Gasteiger partial charge in [0.05, 0.1) is 29.4 Å². The lowest BCUT2D eigenvalue weighted by molar-refractivity contribution is -0.139. The van der Waals surface area contributed by atoms with Crippen LogP contribution in [0.15, 0.2) is 85.5 Å². The number of benzene rings is 3. The molecule has 166 valence electrons. The normalized spacial score (nSPS) is 11.1. The highest BCUT2D eigenvalue weighted by atomic mass is 19.4. The minimum absolute atomic E-state index is 0.0121. The molecule has 0 aliphatic heterocycles. The van der Waals surface area contributed by atoms with Gasteiger partial charge >= 0.3 is 6.18 Å². The lowest BCUT2D eigenvalue weighted by Crippen LogP contribution is -2.28. The molecule has 9 heteroatoms. The Balaban J connectivity index is 1.65. The zero-order chi connectivity index (χ0) is 23.3. The molecule has 4 aromatic rings. The second kappa shape index (κ2) is 9.44. The standard InChI is InChI=1S/C24H18F3N5O/c25-24(26,27)22-11-8-20(12-23(22)33-15-19-4-2-1-3-5-19)14-32(31-16-29-30-17-31)21-9-6-18(13-28)7-10-21/h1-12,16-17H,14-15H2. The molecule has 0 radical (unpaired) electrons. The maximum absolute atomic E-state index is 13.6. The zero-order valence-electron chi connectivity index (χ0n) is 17.3. The van der Waals surface area contributed by atoms with Gasteiger partial charge in [-0.2, -0.15) is 18.4 Å². The van der Waals surface area contributed by atoms with Crippen molar-refractivity contribution in [3.05, 3.63) is 108 Å². The molecule has 0 saturated carbocycles. The van der Waals surface area contributed by atoms with Crippen LogP contribution in [0.2, 0.25) is 0 Å². The number of hydrogen-bond donors (Lipinski definition) is 0. The van der Waals surface area contributed by atoms with Crippen LogP contribution in [0.5, 0.6) is 5.75 Å². The number of rotatable bonds is 7. The molecule has 0 N–H and O–H groups in total. The van der Waals surface area contributed by atoms with Gasteiger partial charge < -0.3 is 4.74 Å². The maximum atomic E-state index is 13.6. The second-order valence-electron chi connectivity index (χ2n) is 7.16. The highest BCUT2D eigenvalue weighted by molar-refractivity contribution is 5.50. The van der Waals surface area contributed by atoms with Crippen molar-refractivity contribution in [2.24, 2.45) is 0 Å². The molecule has 0 bridgehead atoms. The fourth-order valence-corrected chi connectivity index (χ4v) is 3.26. The molecule has 0 amide bonds.